The summed E-state index contributed by atoms with van der Waals surface area (Å²) in [5, 5.41) is 9.07. The molecule has 0 fully saturated rings. The van der Waals surface area contributed by atoms with Gasteiger partial charge >= 0.3 is 0 Å². The van der Waals surface area contributed by atoms with Crippen molar-refractivity contribution in [3.63, 3.8) is 0 Å². The van der Waals surface area contributed by atoms with Gasteiger partial charge in [-0.05, 0) is 18.8 Å². The van der Waals surface area contributed by atoms with E-state index >= 15 is 0 Å². The van der Waals surface area contributed by atoms with Crippen molar-refractivity contribution in [2.75, 3.05) is 13.2 Å². The van der Waals surface area contributed by atoms with Crippen LogP contribution in [0.25, 0.3) is 0 Å². The first-order valence-electron chi connectivity index (χ1n) is 5.93. The Kier molecular flexibility index (Phi) is 9.42. The van der Waals surface area contributed by atoms with Crippen LogP contribution in [0.2, 0.25) is 0 Å². The third-order valence-corrected chi connectivity index (χ3v) is 2.38. The molecule has 86 valence electrons. The average molecular weight is 202 g/mol. The Hall–Kier alpha value is -0.0800. The van der Waals surface area contributed by atoms with Crippen molar-refractivity contribution in [1.29, 1.82) is 0 Å². The van der Waals surface area contributed by atoms with E-state index in [4.69, 9.17) is 9.84 Å². The van der Waals surface area contributed by atoms with Crippen LogP contribution in [0.5, 0.6) is 0 Å². The highest BCUT2D eigenvalue weighted by Crippen LogP contribution is 2.08. The minimum absolute atomic E-state index is 0.0697. The lowest BCUT2D eigenvalue weighted by atomic mass is 10.1. The van der Waals surface area contributed by atoms with Crippen molar-refractivity contribution in [1.82, 2.24) is 0 Å². The van der Waals surface area contributed by atoms with E-state index in [1.165, 1.54) is 19.3 Å². The Bertz CT molecular complexity index is 113. The van der Waals surface area contributed by atoms with Crippen LogP contribution in [0.1, 0.15) is 52.9 Å². The number of hydrogen-bond donors (Lipinski definition) is 1. The minimum Gasteiger partial charge on any atom is -0.394 e. The number of rotatable bonds is 9. The fourth-order valence-corrected chi connectivity index (χ4v) is 1.32. The summed E-state index contributed by atoms with van der Waals surface area (Å²) in [6, 6.07) is 0. The molecule has 0 heterocycles. The Morgan fingerprint density at radius 2 is 1.86 bits per heavy atom. The maximum absolute atomic E-state index is 9.07. The summed E-state index contributed by atoms with van der Waals surface area (Å²) in [5.74, 6) is 0.685. The van der Waals surface area contributed by atoms with Crippen molar-refractivity contribution < 1.29 is 9.84 Å². The zero-order valence-corrected chi connectivity index (χ0v) is 9.96. The van der Waals surface area contributed by atoms with Crippen molar-refractivity contribution in [3.05, 3.63) is 0 Å². The first-order chi connectivity index (χ1) is 6.70. The highest BCUT2D eigenvalue weighted by molar-refractivity contribution is 4.56. The molecule has 0 radical (unpaired) electrons. The number of unbranched alkanes of at least 4 members (excludes halogenated alkanes) is 2. The van der Waals surface area contributed by atoms with Crippen LogP contribution >= 0.6 is 0 Å². The summed E-state index contributed by atoms with van der Waals surface area (Å²) < 4.78 is 5.60. The van der Waals surface area contributed by atoms with E-state index in [0.29, 0.717) is 5.92 Å². The molecule has 0 aromatic carbocycles. The van der Waals surface area contributed by atoms with E-state index in [1.807, 2.05) is 0 Å². The van der Waals surface area contributed by atoms with Crippen molar-refractivity contribution >= 4 is 0 Å². The van der Waals surface area contributed by atoms with Gasteiger partial charge in [0.1, 0.15) is 0 Å². The van der Waals surface area contributed by atoms with Gasteiger partial charge in [-0.15, -0.1) is 0 Å². The van der Waals surface area contributed by atoms with Gasteiger partial charge < -0.3 is 9.84 Å². The van der Waals surface area contributed by atoms with Gasteiger partial charge in [0.2, 0.25) is 0 Å². The summed E-state index contributed by atoms with van der Waals surface area (Å²) in [7, 11) is 0. The zero-order valence-electron chi connectivity index (χ0n) is 9.96. The van der Waals surface area contributed by atoms with E-state index in [1.54, 1.807) is 0 Å². The lowest BCUT2D eigenvalue weighted by Gasteiger charge is -2.15. The molecule has 1 atom stereocenters. The Balaban J connectivity index is 3.38. The number of aliphatic hydroxyl groups is 1. The average Bonchev–Trinajstić information content (AvgIpc) is 2.15. The predicted molar refractivity (Wildman–Crippen MR) is 60.4 cm³/mol. The second kappa shape index (κ2) is 9.47. The Morgan fingerprint density at radius 3 is 2.36 bits per heavy atom. The molecule has 0 aromatic rings. The summed E-state index contributed by atoms with van der Waals surface area (Å²) in [4.78, 5) is 0. The fourth-order valence-electron chi connectivity index (χ4n) is 1.32. The topological polar surface area (TPSA) is 29.5 Å². The Labute approximate surface area is 88.7 Å². The van der Waals surface area contributed by atoms with Crippen LogP contribution in [0, 0.1) is 5.92 Å². The summed E-state index contributed by atoms with van der Waals surface area (Å²) in [5.41, 5.74) is 0. The van der Waals surface area contributed by atoms with Crippen molar-refractivity contribution in [2.24, 2.45) is 5.92 Å². The molecule has 2 nitrogen and oxygen atoms in total. The molecule has 0 saturated heterocycles. The third-order valence-electron chi connectivity index (χ3n) is 2.38. The third kappa shape index (κ3) is 8.52. The lowest BCUT2D eigenvalue weighted by molar-refractivity contribution is 0.00237. The molecule has 2 heteroatoms. The molecule has 0 spiro atoms. The van der Waals surface area contributed by atoms with Crippen molar-refractivity contribution in [3.8, 4) is 0 Å². The van der Waals surface area contributed by atoms with Crippen LogP contribution in [0.15, 0.2) is 0 Å². The number of aliphatic hydroxyl groups excluding tert-OH is 1. The first kappa shape index (κ1) is 13.9. The van der Waals surface area contributed by atoms with E-state index in [2.05, 4.69) is 20.8 Å². The quantitative estimate of drug-likeness (QED) is 0.582. The molecule has 0 aliphatic heterocycles. The van der Waals surface area contributed by atoms with Crippen LogP contribution in [0.3, 0.4) is 0 Å². The zero-order chi connectivity index (χ0) is 10.8. The summed E-state index contributed by atoms with van der Waals surface area (Å²) in [6.45, 7) is 7.52. The largest absolute Gasteiger partial charge is 0.394 e. The van der Waals surface area contributed by atoms with Crippen LogP contribution in [0.4, 0.5) is 0 Å². The highest BCUT2D eigenvalue weighted by atomic mass is 16.5. The van der Waals surface area contributed by atoms with Crippen LogP contribution in [-0.4, -0.2) is 24.4 Å². The van der Waals surface area contributed by atoms with E-state index in [9.17, 15) is 0 Å². The molecule has 0 saturated carbocycles. The molecule has 1 unspecified atom stereocenters. The summed E-state index contributed by atoms with van der Waals surface area (Å²) in [6.07, 6.45) is 5.80. The van der Waals surface area contributed by atoms with Gasteiger partial charge in [-0.3, -0.25) is 0 Å². The van der Waals surface area contributed by atoms with E-state index < -0.39 is 0 Å². The van der Waals surface area contributed by atoms with Gasteiger partial charge in [0.15, 0.2) is 0 Å². The van der Waals surface area contributed by atoms with Gasteiger partial charge in [0.05, 0.1) is 12.7 Å². The predicted octanol–water partition coefficient (Wildman–Crippen LogP) is 2.99. The normalized spacial score (nSPS) is 13.5. The van der Waals surface area contributed by atoms with Gasteiger partial charge in [-0.25, -0.2) is 0 Å². The van der Waals surface area contributed by atoms with Gasteiger partial charge in [0.25, 0.3) is 0 Å². The standard InChI is InChI=1S/C12H26O2/c1-4-5-6-7-12(10-13)14-9-8-11(2)3/h11-13H,4-10H2,1-3H3. The molecule has 0 bridgehead atoms. The van der Waals surface area contributed by atoms with Crippen LogP contribution in [-0.2, 0) is 4.74 Å². The maximum Gasteiger partial charge on any atom is 0.0805 e. The Morgan fingerprint density at radius 1 is 1.14 bits per heavy atom. The monoisotopic (exact) mass is 202 g/mol. The molecule has 14 heavy (non-hydrogen) atoms. The smallest absolute Gasteiger partial charge is 0.0805 e. The second-order valence-corrected chi connectivity index (χ2v) is 4.35. The molecule has 0 amide bonds. The molecular formula is C12H26O2. The molecular weight excluding hydrogens is 176 g/mol. The second-order valence-electron chi connectivity index (χ2n) is 4.35. The molecule has 0 aliphatic rings. The summed E-state index contributed by atoms with van der Waals surface area (Å²) >= 11 is 0. The fraction of sp³-hybridized carbons (Fsp3) is 1.00. The SMILES string of the molecule is CCCCCC(CO)OCCC(C)C. The van der Waals surface area contributed by atoms with E-state index in [0.717, 1.165) is 19.4 Å². The maximum atomic E-state index is 9.07. The van der Waals surface area contributed by atoms with Gasteiger partial charge in [-0.1, -0.05) is 40.0 Å². The highest BCUT2D eigenvalue weighted by Gasteiger charge is 2.07. The molecule has 1 N–H and O–H groups in total. The number of ether oxygens (including phenoxy) is 1. The minimum atomic E-state index is 0.0697. The van der Waals surface area contributed by atoms with Gasteiger partial charge in [0, 0.05) is 6.61 Å². The van der Waals surface area contributed by atoms with E-state index in [-0.39, 0.29) is 12.7 Å². The molecule has 0 rings (SSSR count). The van der Waals surface area contributed by atoms with Crippen molar-refractivity contribution in [2.45, 2.75) is 59.0 Å². The lowest BCUT2D eigenvalue weighted by Crippen LogP contribution is -2.18. The molecule has 0 aromatic heterocycles. The van der Waals surface area contributed by atoms with Crippen LogP contribution < -0.4 is 0 Å². The first-order valence-corrected chi connectivity index (χ1v) is 5.93. The number of hydrogen-bond acceptors (Lipinski definition) is 2. The van der Waals surface area contributed by atoms with Gasteiger partial charge in [-0.2, -0.15) is 0 Å². The molecule has 0 aliphatic carbocycles.